The Kier molecular flexibility index (Phi) is 1.88. The Morgan fingerprint density at radius 1 is 0.750 bits per heavy atom. The summed E-state index contributed by atoms with van der Waals surface area (Å²) in [5.41, 5.74) is 1.56. The van der Waals surface area contributed by atoms with Gasteiger partial charge < -0.3 is 0 Å². The van der Waals surface area contributed by atoms with Gasteiger partial charge in [0.25, 0.3) is 0 Å². The van der Waals surface area contributed by atoms with Crippen molar-refractivity contribution in [2.75, 3.05) is 0 Å². The maximum Gasteiger partial charge on any atom is -0.00239 e. The van der Waals surface area contributed by atoms with Gasteiger partial charge in [-0.25, -0.2) is 0 Å². The molecule has 0 saturated heterocycles. The van der Waals surface area contributed by atoms with Crippen molar-refractivity contribution < 1.29 is 0 Å². The first-order valence-electron chi connectivity index (χ1n) is 7.49. The third kappa shape index (κ3) is 1.27. The van der Waals surface area contributed by atoms with Gasteiger partial charge in [-0.15, -0.1) is 0 Å². The van der Waals surface area contributed by atoms with Crippen LogP contribution in [0.4, 0.5) is 0 Å². The molecule has 0 heteroatoms. The molecule has 1 aliphatic carbocycles. The summed E-state index contributed by atoms with van der Waals surface area (Å²) in [7, 11) is 0. The number of rotatable bonds is 1. The summed E-state index contributed by atoms with van der Waals surface area (Å²) in [6, 6.07) is 20.4. The Morgan fingerprint density at radius 2 is 1.35 bits per heavy atom. The molecule has 0 radical (unpaired) electrons. The molecule has 20 heavy (non-hydrogen) atoms. The van der Waals surface area contributed by atoms with Gasteiger partial charge in [0.1, 0.15) is 0 Å². The normalized spacial score (nSPS) is 22.1. The van der Waals surface area contributed by atoms with E-state index in [1.807, 2.05) is 0 Å². The van der Waals surface area contributed by atoms with E-state index in [2.05, 4.69) is 61.5 Å². The fourth-order valence-electron chi connectivity index (χ4n) is 3.84. The van der Waals surface area contributed by atoms with Crippen LogP contribution in [-0.2, 0) is 0 Å². The number of hydrogen-bond acceptors (Lipinski definition) is 0. The Morgan fingerprint density at radius 3 is 2.05 bits per heavy atom. The molecular formula is C20H16. The van der Waals surface area contributed by atoms with E-state index in [1.165, 1.54) is 38.7 Å². The highest BCUT2D eigenvalue weighted by Gasteiger charge is 2.35. The molecule has 0 aliphatic heterocycles. The van der Waals surface area contributed by atoms with E-state index in [-0.39, 0.29) is 0 Å². The van der Waals surface area contributed by atoms with Gasteiger partial charge in [-0.3, -0.25) is 0 Å². The van der Waals surface area contributed by atoms with Crippen molar-refractivity contribution in [1.29, 1.82) is 0 Å². The average Bonchev–Trinajstić information content (AvgIpc) is 3.21. The van der Waals surface area contributed by atoms with E-state index in [9.17, 15) is 0 Å². The summed E-state index contributed by atoms with van der Waals surface area (Å²) in [5.74, 6) is 1.63. The van der Waals surface area contributed by atoms with Gasteiger partial charge in [0, 0.05) is 0 Å². The van der Waals surface area contributed by atoms with Crippen molar-refractivity contribution in [3.63, 3.8) is 0 Å². The maximum atomic E-state index is 2.36. The summed E-state index contributed by atoms with van der Waals surface area (Å²) in [5, 5.41) is 8.49. The van der Waals surface area contributed by atoms with Crippen LogP contribution in [0, 0.1) is 5.92 Å². The van der Waals surface area contributed by atoms with Gasteiger partial charge in [-0.2, -0.15) is 0 Å². The quantitative estimate of drug-likeness (QED) is 0.383. The predicted octanol–water partition coefficient (Wildman–Crippen LogP) is 5.71. The third-order valence-corrected chi connectivity index (χ3v) is 5.07. The molecule has 4 aromatic carbocycles. The molecule has 1 saturated carbocycles. The van der Waals surface area contributed by atoms with E-state index in [4.69, 9.17) is 0 Å². The summed E-state index contributed by atoms with van der Waals surface area (Å²) < 4.78 is 0. The molecule has 0 nitrogen and oxygen atoms in total. The zero-order valence-electron chi connectivity index (χ0n) is 11.6. The molecule has 0 heterocycles. The first kappa shape index (κ1) is 10.7. The van der Waals surface area contributed by atoms with Crippen molar-refractivity contribution in [2.24, 2.45) is 5.92 Å². The van der Waals surface area contributed by atoms with Gasteiger partial charge in [0.2, 0.25) is 0 Å². The van der Waals surface area contributed by atoms with Crippen LogP contribution >= 0.6 is 0 Å². The number of hydrogen-bond donors (Lipinski definition) is 0. The van der Waals surface area contributed by atoms with Crippen LogP contribution < -0.4 is 0 Å². The SMILES string of the molecule is CC1CC1c1ccc2ccc3cccc4ccc1c2c34. The highest BCUT2D eigenvalue weighted by atomic mass is 14.4. The zero-order valence-corrected chi connectivity index (χ0v) is 11.6. The molecule has 1 aliphatic rings. The summed E-state index contributed by atoms with van der Waals surface area (Å²) in [6.45, 7) is 2.36. The molecule has 1 fully saturated rings. The largest absolute Gasteiger partial charge is 0.0619 e. The van der Waals surface area contributed by atoms with Crippen molar-refractivity contribution in [1.82, 2.24) is 0 Å². The lowest BCUT2D eigenvalue weighted by molar-refractivity contribution is 0.920. The lowest BCUT2D eigenvalue weighted by atomic mass is 9.90. The Bertz CT molecular complexity index is 932. The van der Waals surface area contributed by atoms with Crippen molar-refractivity contribution in [2.45, 2.75) is 19.3 Å². The van der Waals surface area contributed by atoms with Crippen LogP contribution in [0.3, 0.4) is 0 Å². The molecule has 0 aromatic heterocycles. The highest BCUT2D eigenvalue weighted by molar-refractivity contribution is 6.23. The van der Waals surface area contributed by atoms with Gasteiger partial charge in [-0.1, -0.05) is 61.5 Å². The van der Waals surface area contributed by atoms with Crippen molar-refractivity contribution in [3.8, 4) is 0 Å². The minimum Gasteiger partial charge on any atom is -0.0619 e. The van der Waals surface area contributed by atoms with Crippen molar-refractivity contribution >= 4 is 32.3 Å². The second-order valence-electron chi connectivity index (χ2n) is 6.33. The number of benzene rings is 4. The maximum absolute atomic E-state index is 2.36. The average molecular weight is 256 g/mol. The Labute approximate surface area is 118 Å². The predicted molar refractivity (Wildman–Crippen MR) is 86.7 cm³/mol. The van der Waals surface area contributed by atoms with Gasteiger partial charge in [-0.05, 0) is 56.1 Å². The molecule has 5 rings (SSSR count). The van der Waals surface area contributed by atoms with E-state index < -0.39 is 0 Å². The fraction of sp³-hybridized carbons (Fsp3) is 0.200. The molecule has 4 aromatic rings. The van der Waals surface area contributed by atoms with E-state index in [1.54, 1.807) is 5.56 Å². The third-order valence-electron chi connectivity index (χ3n) is 5.07. The smallest absolute Gasteiger partial charge is 0.00239 e. The van der Waals surface area contributed by atoms with Crippen LogP contribution in [0.15, 0.2) is 54.6 Å². The van der Waals surface area contributed by atoms with Gasteiger partial charge >= 0.3 is 0 Å². The van der Waals surface area contributed by atoms with E-state index in [0.717, 1.165) is 11.8 Å². The minimum absolute atomic E-state index is 0.777. The van der Waals surface area contributed by atoms with Crippen LogP contribution in [0.5, 0.6) is 0 Å². The molecule has 2 unspecified atom stereocenters. The Hall–Kier alpha value is -2.08. The van der Waals surface area contributed by atoms with Crippen molar-refractivity contribution in [3.05, 3.63) is 60.2 Å². The molecule has 2 atom stereocenters. The van der Waals surface area contributed by atoms with Crippen LogP contribution in [0.25, 0.3) is 32.3 Å². The lowest BCUT2D eigenvalue weighted by Crippen LogP contribution is -1.89. The molecule has 0 amide bonds. The monoisotopic (exact) mass is 256 g/mol. The second kappa shape index (κ2) is 3.52. The van der Waals surface area contributed by atoms with E-state index in [0.29, 0.717) is 0 Å². The highest BCUT2D eigenvalue weighted by Crippen LogP contribution is 2.50. The van der Waals surface area contributed by atoms with E-state index >= 15 is 0 Å². The molecule has 0 N–H and O–H groups in total. The Balaban J connectivity index is 2.02. The summed E-state index contributed by atoms with van der Waals surface area (Å²) in [4.78, 5) is 0. The van der Waals surface area contributed by atoms with Crippen LogP contribution in [0.1, 0.15) is 24.8 Å². The van der Waals surface area contributed by atoms with Crippen LogP contribution in [-0.4, -0.2) is 0 Å². The lowest BCUT2D eigenvalue weighted by Gasteiger charge is -2.13. The topological polar surface area (TPSA) is 0 Å². The summed E-state index contributed by atoms with van der Waals surface area (Å²) >= 11 is 0. The van der Waals surface area contributed by atoms with Crippen LogP contribution in [0.2, 0.25) is 0 Å². The summed E-state index contributed by atoms with van der Waals surface area (Å²) in [6.07, 6.45) is 1.35. The second-order valence-corrected chi connectivity index (χ2v) is 6.33. The molecule has 96 valence electrons. The van der Waals surface area contributed by atoms with Gasteiger partial charge in [0.15, 0.2) is 0 Å². The van der Waals surface area contributed by atoms with Gasteiger partial charge in [0.05, 0.1) is 0 Å². The molecular weight excluding hydrogens is 240 g/mol. The molecule has 0 spiro atoms. The first-order chi connectivity index (χ1) is 9.83. The first-order valence-corrected chi connectivity index (χ1v) is 7.49. The standard InChI is InChI=1S/C20H16/c1-12-11-18(12)16-9-7-15-6-5-13-3-2-4-14-8-10-17(16)20(15)19(13)14/h2-10,12,18H,11H2,1H3. The molecule has 0 bridgehead atoms. The zero-order chi connectivity index (χ0) is 13.3. The fourth-order valence-corrected chi connectivity index (χ4v) is 3.84. The minimum atomic E-state index is 0.777.